The van der Waals surface area contributed by atoms with Gasteiger partial charge in [-0.3, -0.25) is 15.1 Å². The van der Waals surface area contributed by atoms with Gasteiger partial charge in [0.25, 0.3) is 5.91 Å². The molecule has 1 aliphatic rings. The van der Waals surface area contributed by atoms with Gasteiger partial charge in [0.05, 0.1) is 21.3 Å². The van der Waals surface area contributed by atoms with Crippen molar-refractivity contribution in [3.63, 3.8) is 0 Å². The minimum Gasteiger partial charge on any atom is -0.493 e. The fourth-order valence-corrected chi connectivity index (χ4v) is 2.25. The summed E-state index contributed by atoms with van der Waals surface area (Å²) in [5.74, 6) is 1.39. The number of nitrogens with one attached hydrogen (secondary N) is 1. The van der Waals surface area contributed by atoms with Crippen LogP contribution in [0.25, 0.3) is 6.08 Å². The number of rotatable bonds is 4. The van der Waals surface area contributed by atoms with Crippen LogP contribution in [0, 0.1) is 5.41 Å². The molecule has 1 aromatic rings. The third-order valence-corrected chi connectivity index (χ3v) is 3.51. The molecule has 7 heteroatoms. The number of benzene rings is 1. The largest absolute Gasteiger partial charge is 0.493 e. The monoisotopic (exact) mass is 305 g/mol. The predicted octanol–water partition coefficient (Wildman–Crippen LogP) is 1.39. The molecule has 1 saturated heterocycles. The van der Waals surface area contributed by atoms with E-state index >= 15 is 0 Å². The summed E-state index contributed by atoms with van der Waals surface area (Å²) in [4.78, 5) is 15.0. The van der Waals surface area contributed by atoms with E-state index in [2.05, 4.69) is 0 Å². The highest BCUT2D eigenvalue weighted by Gasteiger charge is 2.33. The summed E-state index contributed by atoms with van der Waals surface area (Å²) in [6, 6.07) is 3.49. The molecule has 0 bridgehead atoms. The molecule has 0 aliphatic carbocycles. The van der Waals surface area contributed by atoms with Gasteiger partial charge in [-0.1, -0.05) is 0 Å². The minimum absolute atomic E-state index is 0.128. The highest BCUT2D eigenvalue weighted by molar-refractivity contribution is 6.14. The van der Waals surface area contributed by atoms with E-state index in [1.165, 1.54) is 31.1 Å². The predicted molar refractivity (Wildman–Crippen MR) is 82.3 cm³/mol. The van der Waals surface area contributed by atoms with Gasteiger partial charge in [-0.15, -0.1) is 0 Å². The Morgan fingerprint density at radius 1 is 1.00 bits per heavy atom. The van der Waals surface area contributed by atoms with E-state index in [0.29, 0.717) is 28.5 Å². The molecular formula is C15H19N3O4. The Labute approximate surface area is 129 Å². The average molecular weight is 305 g/mol. The lowest BCUT2D eigenvalue weighted by molar-refractivity contribution is -0.121. The molecule has 0 unspecified atom stereocenters. The quantitative estimate of drug-likeness (QED) is 0.851. The lowest BCUT2D eigenvalue weighted by atomic mass is 10.1. The molecule has 0 atom stereocenters. The van der Waals surface area contributed by atoms with Gasteiger partial charge in [0, 0.05) is 14.1 Å². The topological polar surface area (TPSA) is 75.1 Å². The van der Waals surface area contributed by atoms with Crippen LogP contribution in [-0.4, -0.2) is 57.1 Å². The summed E-state index contributed by atoms with van der Waals surface area (Å²) < 4.78 is 15.9. The first kappa shape index (κ1) is 15.7. The molecule has 1 heterocycles. The van der Waals surface area contributed by atoms with Crippen LogP contribution >= 0.6 is 0 Å². The normalized spacial score (nSPS) is 16.5. The molecule has 22 heavy (non-hydrogen) atoms. The molecule has 1 aliphatic heterocycles. The number of hydrogen-bond acceptors (Lipinski definition) is 5. The first-order chi connectivity index (χ1) is 10.4. The number of hydrogen-bond donors (Lipinski definition) is 1. The van der Waals surface area contributed by atoms with Crippen molar-refractivity contribution < 1.29 is 19.0 Å². The molecule has 1 fully saturated rings. The average Bonchev–Trinajstić information content (AvgIpc) is 2.71. The molecule has 7 nitrogen and oxygen atoms in total. The molecule has 1 N–H and O–H groups in total. The first-order valence-corrected chi connectivity index (χ1v) is 6.56. The van der Waals surface area contributed by atoms with Crippen LogP contribution in [0.4, 0.5) is 0 Å². The highest BCUT2D eigenvalue weighted by atomic mass is 16.5. The summed E-state index contributed by atoms with van der Waals surface area (Å²) in [7, 11) is 7.84. The maximum absolute atomic E-state index is 12.2. The Morgan fingerprint density at radius 3 is 1.91 bits per heavy atom. The molecule has 0 spiro atoms. The van der Waals surface area contributed by atoms with Crippen LogP contribution in [0.1, 0.15) is 5.56 Å². The number of ether oxygens (including phenoxy) is 3. The van der Waals surface area contributed by atoms with Gasteiger partial charge in [-0.2, -0.15) is 0 Å². The van der Waals surface area contributed by atoms with E-state index in [-0.39, 0.29) is 11.9 Å². The summed E-state index contributed by atoms with van der Waals surface area (Å²) >= 11 is 0. The lowest BCUT2D eigenvalue weighted by Gasteiger charge is -2.14. The molecular weight excluding hydrogens is 286 g/mol. The van der Waals surface area contributed by atoms with E-state index in [0.717, 1.165) is 0 Å². The number of nitrogens with zero attached hydrogens (tertiary/aromatic N) is 2. The van der Waals surface area contributed by atoms with Crippen LogP contribution in [-0.2, 0) is 4.79 Å². The summed E-state index contributed by atoms with van der Waals surface area (Å²) in [5, 5.41) is 7.83. The van der Waals surface area contributed by atoms with Crippen LogP contribution in [0.5, 0.6) is 17.2 Å². The van der Waals surface area contributed by atoms with Gasteiger partial charge in [0.1, 0.15) is 5.70 Å². The smallest absolute Gasteiger partial charge is 0.277 e. The van der Waals surface area contributed by atoms with Crippen LogP contribution in [0.2, 0.25) is 0 Å². The molecule has 0 radical (unpaired) electrons. The maximum atomic E-state index is 12.2. The Bertz CT molecular complexity index is 629. The van der Waals surface area contributed by atoms with Crippen molar-refractivity contribution in [2.75, 3.05) is 35.4 Å². The fourth-order valence-electron chi connectivity index (χ4n) is 2.25. The Hall–Kier alpha value is -2.70. The van der Waals surface area contributed by atoms with Crippen LogP contribution in [0.15, 0.2) is 17.8 Å². The lowest BCUT2D eigenvalue weighted by Crippen LogP contribution is -2.27. The first-order valence-electron chi connectivity index (χ1n) is 6.56. The van der Waals surface area contributed by atoms with Gasteiger partial charge in [0.15, 0.2) is 11.5 Å². The highest BCUT2D eigenvalue weighted by Crippen LogP contribution is 2.39. The number of methoxy groups -OCH3 is 3. The van der Waals surface area contributed by atoms with Crippen molar-refractivity contribution in [3.8, 4) is 17.2 Å². The van der Waals surface area contributed by atoms with Crippen molar-refractivity contribution >= 4 is 17.9 Å². The van der Waals surface area contributed by atoms with Gasteiger partial charge < -0.3 is 19.1 Å². The zero-order valence-electron chi connectivity index (χ0n) is 13.3. The van der Waals surface area contributed by atoms with Crippen LogP contribution < -0.4 is 14.2 Å². The molecule has 1 amide bonds. The summed E-state index contributed by atoms with van der Waals surface area (Å²) in [5.41, 5.74) is 1.12. The molecule has 2 rings (SSSR count). The second-order valence-corrected chi connectivity index (χ2v) is 4.74. The van der Waals surface area contributed by atoms with Crippen molar-refractivity contribution in [2.45, 2.75) is 0 Å². The van der Waals surface area contributed by atoms with Gasteiger partial charge in [0.2, 0.25) is 11.7 Å². The third kappa shape index (κ3) is 2.45. The SMILES string of the molecule is COc1cc(/C=C2\C(=O)N(C)C(=N)N2C)cc(OC)c1OC. The Kier molecular flexibility index (Phi) is 4.25. The van der Waals surface area contributed by atoms with E-state index < -0.39 is 0 Å². The molecule has 0 saturated carbocycles. The van der Waals surface area contributed by atoms with E-state index in [9.17, 15) is 4.79 Å². The summed E-state index contributed by atoms with van der Waals surface area (Å²) in [6.07, 6.45) is 1.69. The third-order valence-electron chi connectivity index (χ3n) is 3.51. The molecule has 1 aromatic carbocycles. The Morgan fingerprint density at radius 2 is 1.55 bits per heavy atom. The number of amides is 1. The molecule has 0 aromatic heterocycles. The number of carbonyl (C=O) groups is 1. The number of carbonyl (C=O) groups excluding carboxylic acids is 1. The zero-order valence-corrected chi connectivity index (χ0v) is 13.3. The van der Waals surface area contributed by atoms with Crippen molar-refractivity contribution in [1.82, 2.24) is 9.80 Å². The second-order valence-electron chi connectivity index (χ2n) is 4.74. The molecule has 118 valence electrons. The minimum atomic E-state index is -0.235. The number of likely N-dealkylation sites (N-methyl/N-ethyl adjacent to an activating group) is 2. The fraction of sp³-hybridized carbons (Fsp3) is 0.333. The van der Waals surface area contributed by atoms with E-state index in [1.807, 2.05) is 0 Å². The van der Waals surface area contributed by atoms with E-state index in [4.69, 9.17) is 19.6 Å². The second kappa shape index (κ2) is 5.97. The summed E-state index contributed by atoms with van der Waals surface area (Å²) in [6.45, 7) is 0. The van der Waals surface area contributed by atoms with E-state index in [1.54, 1.807) is 32.3 Å². The Balaban J connectivity index is 2.52. The van der Waals surface area contributed by atoms with Gasteiger partial charge >= 0.3 is 0 Å². The van der Waals surface area contributed by atoms with Gasteiger partial charge in [-0.25, -0.2) is 0 Å². The van der Waals surface area contributed by atoms with Crippen LogP contribution in [0.3, 0.4) is 0 Å². The van der Waals surface area contributed by atoms with Crippen molar-refractivity contribution in [3.05, 3.63) is 23.4 Å². The zero-order chi connectivity index (χ0) is 16.4. The number of guanidine groups is 1. The standard InChI is InChI=1S/C15H19N3O4/c1-17-10(14(19)18(2)15(17)16)6-9-7-11(20-3)13(22-5)12(8-9)21-4/h6-8,16H,1-5H3/b10-6+,16-15?. The van der Waals surface area contributed by atoms with Crippen molar-refractivity contribution in [2.24, 2.45) is 0 Å². The van der Waals surface area contributed by atoms with Crippen molar-refractivity contribution in [1.29, 1.82) is 5.41 Å². The van der Waals surface area contributed by atoms with Gasteiger partial charge in [-0.05, 0) is 23.8 Å². The maximum Gasteiger partial charge on any atom is 0.277 e.